The molecular formula is C18H22N2O2. The molecule has 4 nitrogen and oxygen atoms in total. The van der Waals surface area contributed by atoms with Gasteiger partial charge in [-0.05, 0) is 16.7 Å². The van der Waals surface area contributed by atoms with Gasteiger partial charge in [-0.25, -0.2) is 0 Å². The van der Waals surface area contributed by atoms with Crippen LogP contribution in [0.1, 0.15) is 22.6 Å². The number of nitrogens with two attached hydrogens (primary N) is 1. The minimum atomic E-state index is -0.323. The maximum Gasteiger partial charge on any atom is 0.229 e. The third-order valence-corrected chi connectivity index (χ3v) is 3.63. The van der Waals surface area contributed by atoms with Crippen molar-refractivity contribution in [1.29, 1.82) is 0 Å². The SMILES string of the molecule is COCc1ccccc1CNC(=O)C(CN)c1ccccc1. The molecule has 0 aliphatic carbocycles. The third-order valence-electron chi connectivity index (χ3n) is 3.63. The van der Waals surface area contributed by atoms with Crippen molar-refractivity contribution in [1.82, 2.24) is 5.32 Å². The van der Waals surface area contributed by atoms with Crippen LogP contribution >= 0.6 is 0 Å². The molecule has 2 aromatic rings. The number of carbonyl (C=O) groups excluding carboxylic acids is 1. The molecule has 0 bridgehead atoms. The Balaban J connectivity index is 2.03. The molecule has 0 heterocycles. The van der Waals surface area contributed by atoms with Crippen LogP contribution in [-0.2, 0) is 22.7 Å². The van der Waals surface area contributed by atoms with Crippen molar-refractivity contribution < 1.29 is 9.53 Å². The molecule has 2 rings (SSSR count). The molecule has 0 spiro atoms. The lowest BCUT2D eigenvalue weighted by molar-refractivity contribution is -0.122. The van der Waals surface area contributed by atoms with Crippen LogP contribution < -0.4 is 11.1 Å². The molecule has 1 amide bonds. The van der Waals surface area contributed by atoms with Gasteiger partial charge in [-0.3, -0.25) is 4.79 Å². The molecule has 2 aromatic carbocycles. The van der Waals surface area contributed by atoms with Crippen molar-refractivity contribution in [2.45, 2.75) is 19.1 Å². The molecule has 116 valence electrons. The zero-order valence-corrected chi connectivity index (χ0v) is 12.8. The minimum absolute atomic E-state index is 0.0547. The average Bonchev–Trinajstić information content (AvgIpc) is 2.56. The summed E-state index contributed by atoms with van der Waals surface area (Å²) in [5.74, 6) is -0.378. The molecular weight excluding hydrogens is 276 g/mol. The number of hydrogen-bond donors (Lipinski definition) is 2. The summed E-state index contributed by atoms with van der Waals surface area (Å²) in [4.78, 5) is 12.4. The first-order chi connectivity index (χ1) is 10.8. The van der Waals surface area contributed by atoms with Crippen LogP contribution in [0.4, 0.5) is 0 Å². The second kappa shape index (κ2) is 8.32. The average molecular weight is 298 g/mol. The first-order valence-electron chi connectivity index (χ1n) is 7.34. The standard InChI is InChI=1S/C18H22N2O2/c1-22-13-16-10-6-5-9-15(16)12-20-18(21)17(11-19)14-7-3-2-4-8-14/h2-10,17H,11-13,19H2,1H3,(H,20,21). The fraction of sp³-hybridized carbons (Fsp3) is 0.278. The highest BCUT2D eigenvalue weighted by atomic mass is 16.5. The molecule has 3 N–H and O–H groups in total. The van der Waals surface area contributed by atoms with Gasteiger partial charge in [0.15, 0.2) is 0 Å². The molecule has 1 unspecified atom stereocenters. The summed E-state index contributed by atoms with van der Waals surface area (Å²) in [6.45, 7) is 1.29. The summed E-state index contributed by atoms with van der Waals surface area (Å²) in [6, 6.07) is 17.5. The van der Waals surface area contributed by atoms with Crippen molar-refractivity contribution >= 4 is 5.91 Å². The van der Waals surface area contributed by atoms with E-state index in [9.17, 15) is 4.79 Å². The Morgan fingerprint density at radius 1 is 1.09 bits per heavy atom. The summed E-state index contributed by atoms with van der Waals surface area (Å²) >= 11 is 0. The number of ether oxygens (including phenoxy) is 1. The second-order valence-corrected chi connectivity index (χ2v) is 5.12. The van der Waals surface area contributed by atoms with Crippen molar-refractivity contribution in [3.05, 3.63) is 71.3 Å². The van der Waals surface area contributed by atoms with Gasteiger partial charge >= 0.3 is 0 Å². The molecule has 0 aromatic heterocycles. The van der Waals surface area contributed by atoms with E-state index in [1.54, 1.807) is 7.11 Å². The van der Waals surface area contributed by atoms with Crippen LogP contribution in [0.3, 0.4) is 0 Å². The molecule has 0 saturated heterocycles. The van der Waals surface area contributed by atoms with Crippen molar-refractivity contribution in [3.63, 3.8) is 0 Å². The lowest BCUT2D eigenvalue weighted by Gasteiger charge is -2.16. The zero-order chi connectivity index (χ0) is 15.8. The molecule has 22 heavy (non-hydrogen) atoms. The van der Waals surface area contributed by atoms with E-state index < -0.39 is 0 Å². The highest BCUT2D eigenvalue weighted by Crippen LogP contribution is 2.15. The molecule has 0 radical (unpaired) electrons. The first-order valence-corrected chi connectivity index (χ1v) is 7.34. The number of methoxy groups -OCH3 is 1. The van der Waals surface area contributed by atoms with Crippen molar-refractivity contribution in [3.8, 4) is 0 Å². The van der Waals surface area contributed by atoms with Crippen LogP contribution in [0.5, 0.6) is 0 Å². The van der Waals surface area contributed by atoms with E-state index in [1.807, 2.05) is 54.6 Å². The summed E-state index contributed by atoms with van der Waals surface area (Å²) < 4.78 is 5.18. The van der Waals surface area contributed by atoms with E-state index in [0.29, 0.717) is 13.2 Å². The number of nitrogens with one attached hydrogen (secondary N) is 1. The number of rotatable bonds is 7. The van der Waals surface area contributed by atoms with Gasteiger partial charge in [0.25, 0.3) is 0 Å². The summed E-state index contributed by atoms with van der Waals surface area (Å²) in [5.41, 5.74) is 8.84. The Morgan fingerprint density at radius 2 is 1.73 bits per heavy atom. The summed E-state index contributed by atoms with van der Waals surface area (Å²) in [7, 11) is 1.66. The van der Waals surface area contributed by atoms with E-state index in [2.05, 4.69) is 5.32 Å². The van der Waals surface area contributed by atoms with Gasteiger partial charge in [0, 0.05) is 20.2 Å². The highest BCUT2D eigenvalue weighted by Gasteiger charge is 2.18. The first kappa shape index (κ1) is 16.2. The van der Waals surface area contributed by atoms with Crippen LogP contribution in [0, 0.1) is 0 Å². The van der Waals surface area contributed by atoms with Gasteiger partial charge in [-0.15, -0.1) is 0 Å². The summed E-state index contributed by atoms with van der Waals surface area (Å²) in [6.07, 6.45) is 0. The lowest BCUT2D eigenvalue weighted by atomic mass is 9.98. The number of amides is 1. The fourth-order valence-corrected chi connectivity index (χ4v) is 2.41. The van der Waals surface area contributed by atoms with Gasteiger partial charge < -0.3 is 15.8 Å². The zero-order valence-electron chi connectivity index (χ0n) is 12.8. The van der Waals surface area contributed by atoms with E-state index in [0.717, 1.165) is 16.7 Å². The second-order valence-electron chi connectivity index (χ2n) is 5.12. The Kier molecular flexibility index (Phi) is 6.13. The van der Waals surface area contributed by atoms with Crippen LogP contribution in [0.25, 0.3) is 0 Å². The lowest BCUT2D eigenvalue weighted by Crippen LogP contribution is -2.33. The molecule has 0 aliphatic rings. The molecule has 0 saturated carbocycles. The number of hydrogen-bond acceptors (Lipinski definition) is 3. The Labute approximate surface area is 131 Å². The topological polar surface area (TPSA) is 64.3 Å². The van der Waals surface area contributed by atoms with E-state index in [4.69, 9.17) is 10.5 Å². The molecule has 4 heteroatoms. The molecule has 0 fully saturated rings. The maximum atomic E-state index is 12.4. The number of benzene rings is 2. The van der Waals surface area contributed by atoms with Gasteiger partial charge in [0.1, 0.15) is 0 Å². The monoisotopic (exact) mass is 298 g/mol. The number of carbonyl (C=O) groups is 1. The summed E-state index contributed by atoms with van der Waals surface area (Å²) in [5, 5.41) is 2.97. The largest absolute Gasteiger partial charge is 0.380 e. The molecule has 0 aliphatic heterocycles. The van der Waals surface area contributed by atoms with E-state index in [1.165, 1.54) is 0 Å². The predicted octanol–water partition coefficient (Wildman–Crippen LogP) is 2.19. The minimum Gasteiger partial charge on any atom is -0.380 e. The Bertz CT molecular complexity index is 599. The third kappa shape index (κ3) is 4.16. The normalized spacial score (nSPS) is 11.9. The van der Waals surface area contributed by atoms with E-state index in [-0.39, 0.29) is 18.4 Å². The van der Waals surface area contributed by atoms with Crippen LogP contribution in [0.15, 0.2) is 54.6 Å². The van der Waals surface area contributed by atoms with Gasteiger partial charge in [0.05, 0.1) is 12.5 Å². The van der Waals surface area contributed by atoms with Gasteiger partial charge in [0.2, 0.25) is 5.91 Å². The van der Waals surface area contributed by atoms with Crippen LogP contribution in [-0.4, -0.2) is 19.6 Å². The fourth-order valence-electron chi connectivity index (χ4n) is 2.41. The predicted molar refractivity (Wildman–Crippen MR) is 87.2 cm³/mol. The quantitative estimate of drug-likeness (QED) is 0.823. The molecule has 1 atom stereocenters. The Hall–Kier alpha value is -2.17. The smallest absolute Gasteiger partial charge is 0.229 e. The Morgan fingerprint density at radius 3 is 2.36 bits per heavy atom. The van der Waals surface area contributed by atoms with Crippen molar-refractivity contribution in [2.75, 3.05) is 13.7 Å². The van der Waals surface area contributed by atoms with Gasteiger partial charge in [-0.2, -0.15) is 0 Å². The van der Waals surface area contributed by atoms with Gasteiger partial charge in [-0.1, -0.05) is 54.6 Å². The van der Waals surface area contributed by atoms with Crippen LogP contribution in [0.2, 0.25) is 0 Å². The highest BCUT2D eigenvalue weighted by molar-refractivity contribution is 5.83. The van der Waals surface area contributed by atoms with E-state index >= 15 is 0 Å². The van der Waals surface area contributed by atoms with Crippen molar-refractivity contribution in [2.24, 2.45) is 5.73 Å². The maximum absolute atomic E-state index is 12.4.